The Bertz CT molecular complexity index is 564. The molecule has 1 unspecified atom stereocenters. The smallest absolute Gasteiger partial charge is 0.243 e. The van der Waals surface area contributed by atoms with Gasteiger partial charge in [0.2, 0.25) is 10.0 Å². The molecule has 1 aliphatic heterocycles. The molecule has 1 N–H and O–H groups in total. The summed E-state index contributed by atoms with van der Waals surface area (Å²) in [5, 5.41) is 10.1. The third kappa shape index (κ3) is 4.05. The van der Waals surface area contributed by atoms with Crippen LogP contribution in [0.1, 0.15) is 45.1 Å². The minimum atomic E-state index is -3.45. The van der Waals surface area contributed by atoms with Gasteiger partial charge in [0.25, 0.3) is 0 Å². The van der Waals surface area contributed by atoms with E-state index in [2.05, 4.69) is 6.92 Å². The normalized spacial score (nSPS) is 24.7. The molecule has 1 aromatic rings. The second-order valence-electron chi connectivity index (χ2n) is 6.15. The fourth-order valence-electron chi connectivity index (χ4n) is 2.74. The molecule has 0 amide bonds. The number of benzene rings is 1. The first-order chi connectivity index (χ1) is 9.85. The molecule has 21 heavy (non-hydrogen) atoms. The number of hydrogen-bond acceptors (Lipinski definition) is 3. The van der Waals surface area contributed by atoms with Gasteiger partial charge in [0.1, 0.15) is 0 Å². The Hall–Kier alpha value is -0.910. The summed E-state index contributed by atoms with van der Waals surface area (Å²) in [7, 11) is -3.45. The van der Waals surface area contributed by atoms with Crippen molar-refractivity contribution in [1.29, 1.82) is 0 Å². The van der Waals surface area contributed by atoms with Crippen LogP contribution in [0.25, 0.3) is 0 Å². The lowest BCUT2D eigenvalue weighted by Crippen LogP contribution is -2.33. The van der Waals surface area contributed by atoms with Crippen molar-refractivity contribution in [2.45, 2.75) is 56.4 Å². The lowest BCUT2D eigenvalue weighted by Gasteiger charge is -2.22. The van der Waals surface area contributed by atoms with Gasteiger partial charge < -0.3 is 5.11 Å². The van der Waals surface area contributed by atoms with Crippen LogP contribution in [-0.2, 0) is 16.4 Å². The minimum absolute atomic E-state index is 0.351. The van der Waals surface area contributed by atoms with Crippen molar-refractivity contribution in [3.63, 3.8) is 0 Å². The number of nitrogens with zero attached hydrogens (tertiary/aromatic N) is 1. The van der Waals surface area contributed by atoms with Gasteiger partial charge >= 0.3 is 0 Å². The fourth-order valence-corrected chi connectivity index (χ4v) is 4.22. The topological polar surface area (TPSA) is 57.6 Å². The van der Waals surface area contributed by atoms with Crippen molar-refractivity contribution in [2.75, 3.05) is 13.1 Å². The summed E-state index contributed by atoms with van der Waals surface area (Å²) in [4.78, 5) is 0.351. The number of sulfonamides is 1. The molecule has 1 fully saturated rings. The maximum atomic E-state index is 12.7. The van der Waals surface area contributed by atoms with Crippen molar-refractivity contribution in [3.8, 4) is 0 Å². The average Bonchev–Trinajstić information content (AvgIpc) is 2.61. The predicted molar refractivity (Wildman–Crippen MR) is 83.7 cm³/mol. The van der Waals surface area contributed by atoms with Crippen LogP contribution in [0, 0.1) is 0 Å². The summed E-state index contributed by atoms with van der Waals surface area (Å²) >= 11 is 0. The molecule has 0 bridgehead atoms. The van der Waals surface area contributed by atoms with Crippen LogP contribution < -0.4 is 0 Å². The first-order valence-electron chi connectivity index (χ1n) is 7.67. The van der Waals surface area contributed by atoms with E-state index in [4.69, 9.17) is 0 Å². The van der Waals surface area contributed by atoms with Gasteiger partial charge in [-0.1, -0.05) is 25.5 Å². The van der Waals surface area contributed by atoms with E-state index in [1.54, 1.807) is 19.1 Å². The highest BCUT2D eigenvalue weighted by atomic mass is 32.2. The van der Waals surface area contributed by atoms with Crippen LogP contribution >= 0.6 is 0 Å². The monoisotopic (exact) mass is 311 g/mol. The summed E-state index contributed by atoms with van der Waals surface area (Å²) in [5.41, 5.74) is 0.408. The molecule has 1 atom stereocenters. The third-order valence-corrected chi connectivity index (χ3v) is 6.04. The van der Waals surface area contributed by atoms with Crippen molar-refractivity contribution < 1.29 is 13.5 Å². The van der Waals surface area contributed by atoms with E-state index < -0.39 is 15.6 Å². The SMILES string of the molecule is CCCc1ccc(S(=O)(=O)N2CCCC(C)(O)CC2)cc1. The molecular weight excluding hydrogens is 286 g/mol. The molecule has 0 aliphatic carbocycles. The summed E-state index contributed by atoms with van der Waals surface area (Å²) in [6.07, 6.45) is 3.84. The lowest BCUT2D eigenvalue weighted by atomic mass is 9.98. The van der Waals surface area contributed by atoms with Gasteiger partial charge in [-0.25, -0.2) is 8.42 Å². The van der Waals surface area contributed by atoms with Crippen molar-refractivity contribution in [3.05, 3.63) is 29.8 Å². The highest BCUT2D eigenvalue weighted by molar-refractivity contribution is 7.89. The molecule has 118 valence electrons. The number of aryl methyl sites for hydroxylation is 1. The lowest BCUT2D eigenvalue weighted by molar-refractivity contribution is 0.0465. The van der Waals surface area contributed by atoms with E-state index in [9.17, 15) is 13.5 Å². The zero-order chi connectivity index (χ0) is 15.5. The minimum Gasteiger partial charge on any atom is -0.390 e. The van der Waals surface area contributed by atoms with Gasteiger partial charge in [0.15, 0.2) is 0 Å². The molecule has 1 aliphatic rings. The highest BCUT2D eigenvalue weighted by Gasteiger charge is 2.31. The molecule has 0 aromatic heterocycles. The van der Waals surface area contributed by atoms with E-state index >= 15 is 0 Å². The quantitative estimate of drug-likeness (QED) is 0.930. The average molecular weight is 311 g/mol. The van der Waals surface area contributed by atoms with Gasteiger partial charge in [-0.15, -0.1) is 0 Å². The van der Waals surface area contributed by atoms with Crippen LogP contribution in [0.5, 0.6) is 0 Å². The molecular formula is C16H25NO3S. The number of hydrogen-bond donors (Lipinski definition) is 1. The van der Waals surface area contributed by atoms with Gasteiger partial charge in [-0.3, -0.25) is 0 Å². The van der Waals surface area contributed by atoms with E-state index in [1.807, 2.05) is 12.1 Å². The van der Waals surface area contributed by atoms with Crippen LogP contribution in [0.2, 0.25) is 0 Å². The Morgan fingerprint density at radius 2 is 1.86 bits per heavy atom. The Kier molecular flexibility index (Phi) is 5.07. The van der Waals surface area contributed by atoms with E-state index in [0.717, 1.165) is 18.4 Å². The van der Waals surface area contributed by atoms with Crippen molar-refractivity contribution >= 4 is 10.0 Å². The number of rotatable bonds is 4. The maximum Gasteiger partial charge on any atom is 0.243 e. The zero-order valence-electron chi connectivity index (χ0n) is 12.9. The Morgan fingerprint density at radius 1 is 1.19 bits per heavy atom. The Labute approximate surface area is 127 Å². The number of aliphatic hydroxyl groups is 1. The summed E-state index contributed by atoms with van der Waals surface area (Å²) in [5.74, 6) is 0. The zero-order valence-corrected chi connectivity index (χ0v) is 13.7. The van der Waals surface area contributed by atoms with Crippen molar-refractivity contribution in [1.82, 2.24) is 4.31 Å². The molecule has 2 rings (SSSR count). The summed E-state index contributed by atoms with van der Waals surface area (Å²) in [6.45, 7) is 4.75. The second kappa shape index (κ2) is 6.46. The van der Waals surface area contributed by atoms with Crippen molar-refractivity contribution in [2.24, 2.45) is 0 Å². The van der Waals surface area contributed by atoms with Crippen LogP contribution in [0.4, 0.5) is 0 Å². The third-order valence-electron chi connectivity index (χ3n) is 4.12. The first kappa shape index (κ1) is 16.5. The van der Waals surface area contributed by atoms with Crippen LogP contribution in [0.15, 0.2) is 29.2 Å². The molecule has 1 saturated heterocycles. The van der Waals surface area contributed by atoms with Gasteiger partial charge in [-0.05, 0) is 50.3 Å². The van der Waals surface area contributed by atoms with Crippen LogP contribution in [-0.4, -0.2) is 36.5 Å². The van der Waals surface area contributed by atoms with Gasteiger partial charge in [0, 0.05) is 13.1 Å². The summed E-state index contributed by atoms with van der Waals surface area (Å²) < 4.78 is 26.8. The molecule has 5 heteroatoms. The van der Waals surface area contributed by atoms with E-state index in [-0.39, 0.29) is 0 Å². The predicted octanol–water partition coefficient (Wildman–Crippen LogP) is 2.56. The molecule has 0 saturated carbocycles. The van der Waals surface area contributed by atoms with Crippen LogP contribution in [0.3, 0.4) is 0 Å². The van der Waals surface area contributed by atoms with Gasteiger partial charge in [-0.2, -0.15) is 4.31 Å². The molecule has 0 radical (unpaired) electrons. The fraction of sp³-hybridized carbons (Fsp3) is 0.625. The van der Waals surface area contributed by atoms with E-state index in [0.29, 0.717) is 37.2 Å². The highest BCUT2D eigenvalue weighted by Crippen LogP contribution is 2.25. The molecule has 0 spiro atoms. The summed E-state index contributed by atoms with van der Waals surface area (Å²) in [6, 6.07) is 7.18. The largest absolute Gasteiger partial charge is 0.390 e. The first-order valence-corrected chi connectivity index (χ1v) is 9.11. The molecule has 1 heterocycles. The second-order valence-corrected chi connectivity index (χ2v) is 8.09. The molecule has 1 aromatic carbocycles. The standard InChI is InChI=1S/C16H25NO3S/c1-3-5-14-6-8-15(9-7-14)21(19,20)17-12-4-10-16(2,18)11-13-17/h6-9,18H,3-5,10-13H2,1-2H3. The van der Waals surface area contributed by atoms with E-state index in [1.165, 1.54) is 4.31 Å². The Balaban J connectivity index is 2.17. The maximum absolute atomic E-state index is 12.7. The Morgan fingerprint density at radius 3 is 2.48 bits per heavy atom. The molecule has 4 nitrogen and oxygen atoms in total. The van der Waals surface area contributed by atoms with Gasteiger partial charge in [0.05, 0.1) is 10.5 Å².